The molecule has 2 aliphatic rings. The molecule has 24 heavy (non-hydrogen) atoms. The Morgan fingerprint density at radius 3 is 2.50 bits per heavy atom. The molecule has 0 spiro atoms. The maximum absolute atomic E-state index is 3.53. The van der Waals surface area contributed by atoms with Crippen molar-refractivity contribution in [2.24, 2.45) is 0 Å². The highest BCUT2D eigenvalue weighted by Gasteiger charge is 2.29. The first-order valence-electron chi connectivity index (χ1n) is 9.23. The Morgan fingerprint density at radius 1 is 0.833 bits per heavy atom. The molecule has 0 amide bonds. The Balaban J connectivity index is 1.81. The van der Waals surface area contributed by atoms with Crippen LogP contribution in [0.4, 0.5) is 0 Å². The zero-order chi connectivity index (χ0) is 16.7. The molecule has 0 fully saturated rings. The molecule has 0 aliphatic carbocycles. The Labute approximate surface area is 145 Å². The topological polar surface area (TPSA) is 24.1 Å². The number of nitrogens with one attached hydrogen (secondary N) is 2. The number of benzene rings is 2. The average Bonchev–Trinajstić information content (AvgIpc) is 2.61. The van der Waals surface area contributed by atoms with E-state index in [1.807, 2.05) is 0 Å². The first-order valence-corrected chi connectivity index (χ1v) is 9.23. The van der Waals surface area contributed by atoms with Crippen LogP contribution in [0.3, 0.4) is 0 Å². The van der Waals surface area contributed by atoms with Gasteiger partial charge in [-0.3, -0.25) is 0 Å². The van der Waals surface area contributed by atoms with E-state index in [4.69, 9.17) is 0 Å². The number of fused-ring (bicyclic) bond motifs is 2. The van der Waals surface area contributed by atoms with Gasteiger partial charge >= 0.3 is 0 Å². The molecule has 2 aliphatic heterocycles. The minimum Gasteiger partial charge on any atom is -0.312 e. The van der Waals surface area contributed by atoms with Crippen LogP contribution in [0.1, 0.15) is 52.8 Å². The van der Waals surface area contributed by atoms with Crippen molar-refractivity contribution in [1.82, 2.24) is 10.6 Å². The molecule has 0 unspecified atom stereocenters. The van der Waals surface area contributed by atoms with Gasteiger partial charge in [-0.15, -0.1) is 0 Å². The van der Waals surface area contributed by atoms with E-state index in [0.29, 0.717) is 0 Å². The Kier molecular flexibility index (Phi) is 3.98. The second kappa shape index (κ2) is 6.02. The second-order valence-corrected chi connectivity index (χ2v) is 7.85. The monoisotopic (exact) mass is 320 g/mol. The zero-order valence-corrected chi connectivity index (χ0v) is 15.1. The van der Waals surface area contributed by atoms with Gasteiger partial charge in [0.2, 0.25) is 0 Å². The fourth-order valence-corrected chi connectivity index (χ4v) is 4.38. The predicted octanol–water partition coefficient (Wildman–Crippen LogP) is 3.61. The molecule has 2 N–H and O–H groups in total. The lowest BCUT2D eigenvalue weighted by Crippen LogP contribution is -2.30. The van der Waals surface area contributed by atoms with Gasteiger partial charge in [-0.1, -0.05) is 44.2 Å². The van der Waals surface area contributed by atoms with Crippen molar-refractivity contribution in [3.8, 4) is 0 Å². The van der Waals surface area contributed by atoms with E-state index in [9.17, 15) is 0 Å². The summed E-state index contributed by atoms with van der Waals surface area (Å²) in [6.07, 6.45) is 2.30. The third-order valence-electron chi connectivity index (χ3n) is 6.01. The van der Waals surface area contributed by atoms with Crippen LogP contribution < -0.4 is 10.6 Å². The van der Waals surface area contributed by atoms with Gasteiger partial charge in [-0.25, -0.2) is 0 Å². The van der Waals surface area contributed by atoms with Gasteiger partial charge in [0.1, 0.15) is 0 Å². The summed E-state index contributed by atoms with van der Waals surface area (Å²) in [5.74, 6) is 0. The quantitative estimate of drug-likeness (QED) is 0.883. The van der Waals surface area contributed by atoms with Crippen LogP contribution in [0.15, 0.2) is 30.3 Å². The summed E-state index contributed by atoms with van der Waals surface area (Å²) in [6, 6.07) is 11.8. The Bertz CT molecular complexity index is 774. The molecule has 126 valence electrons. The van der Waals surface area contributed by atoms with Gasteiger partial charge in [0.15, 0.2) is 0 Å². The predicted molar refractivity (Wildman–Crippen MR) is 101 cm³/mol. The highest BCUT2D eigenvalue weighted by molar-refractivity contribution is 5.50. The maximum Gasteiger partial charge on any atom is 0.0211 e. The van der Waals surface area contributed by atoms with Gasteiger partial charge in [0, 0.05) is 18.5 Å². The van der Waals surface area contributed by atoms with Gasteiger partial charge in [-0.2, -0.15) is 0 Å². The van der Waals surface area contributed by atoms with Crippen molar-refractivity contribution in [3.05, 3.63) is 69.3 Å². The summed E-state index contributed by atoms with van der Waals surface area (Å²) in [5.41, 5.74) is 10.5. The largest absolute Gasteiger partial charge is 0.312 e. The highest BCUT2D eigenvalue weighted by Crippen LogP contribution is 2.37. The number of rotatable bonds is 2. The minimum atomic E-state index is 0.0433. The summed E-state index contributed by atoms with van der Waals surface area (Å²) in [7, 11) is 0. The van der Waals surface area contributed by atoms with E-state index in [0.717, 1.165) is 39.0 Å². The minimum absolute atomic E-state index is 0.0433. The van der Waals surface area contributed by atoms with Crippen molar-refractivity contribution in [2.75, 3.05) is 13.1 Å². The van der Waals surface area contributed by atoms with Crippen molar-refractivity contribution < 1.29 is 0 Å². The molecule has 0 bridgehead atoms. The zero-order valence-electron chi connectivity index (χ0n) is 15.1. The highest BCUT2D eigenvalue weighted by atomic mass is 14.9. The maximum atomic E-state index is 3.53. The van der Waals surface area contributed by atoms with Gasteiger partial charge in [-0.05, 0) is 71.8 Å². The molecule has 2 aromatic rings. The smallest absolute Gasteiger partial charge is 0.0211 e. The first-order chi connectivity index (χ1) is 11.6. The normalized spacial score (nSPS) is 17.3. The molecular weight excluding hydrogens is 292 g/mol. The van der Waals surface area contributed by atoms with Gasteiger partial charge in [0.05, 0.1) is 0 Å². The fourth-order valence-electron chi connectivity index (χ4n) is 4.38. The van der Waals surface area contributed by atoms with Crippen LogP contribution in [0.5, 0.6) is 0 Å². The van der Waals surface area contributed by atoms with Crippen molar-refractivity contribution in [3.63, 3.8) is 0 Å². The first kappa shape index (κ1) is 15.9. The molecule has 0 saturated carbocycles. The number of hydrogen-bond acceptors (Lipinski definition) is 2. The lowest BCUT2D eigenvalue weighted by Gasteiger charge is -2.33. The molecule has 0 radical (unpaired) electrons. The van der Waals surface area contributed by atoms with Crippen LogP contribution in [0.2, 0.25) is 0 Å². The standard InChI is InChI=1S/C22H28N2/c1-15-4-7-21(19-9-11-24-14-20(15)19)22(2,3)18-6-5-16-8-10-23-13-17(16)12-18/h4-7,12,23-24H,8-11,13-14H2,1-3H3. The van der Waals surface area contributed by atoms with Crippen LogP contribution in [0.25, 0.3) is 0 Å². The summed E-state index contributed by atoms with van der Waals surface area (Å²) in [4.78, 5) is 0. The van der Waals surface area contributed by atoms with E-state index in [2.05, 4.69) is 61.7 Å². The van der Waals surface area contributed by atoms with E-state index in [-0.39, 0.29) is 5.41 Å². The Morgan fingerprint density at radius 2 is 1.62 bits per heavy atom. The molecule has 2 heterocycles. The van der Waals surface area contributed by atoms with Gasteiger partial charge < -0.3 is 10.6 Å². The average molecular weight is 320 g/mol. The lowest BCUT2D eigenvalue weighted by molar-refractivity contribution is 0.589. The molecule has 0 saturated heterocycles. The van der Waals surface area contributed by atoms with Crippen molar-refractivity contribution in [2.45, 2.75) is 52.1 Å². The second-order valence-electron chi connectivity index (χ2n) is 7.85. The summed E-state index contributed by atoms with van der Waals surface area (Å²) in [5, 5.41) is 7.04. The molecule has 2 heteroatoms. The van der Waals surface area contributed by atoms with Crippen LogP contribution in [-0.4, -0.2) is 13.1 Å². The van der Waals surface area contributed by atoms with Crippen molar-refractivity contribution in [1.29, 1.82) is 0 Å². The molecule has 2 nitrogen and oxygen atoms in total. The van der Waals surface area contributed by atoms with Crippen LogP contribution in [0, 0.1) is 6.92 Å². The van der Waals surface area contributed by atoms with E-state index >= 15 is 0 Å². The van der Waals surface area contributed by atoms with Crippen molar-refractivity contribution >= 4 is 0 Å². The van der Waals surface area contributed by atoms with Crippen LogP contribution in [-0.2, 0) is 31.3 Å². The molecule has 4 rings (SSSR count). The number of aryl methyl sites for hydroxylation is 1. The molecule has 0 aromatic heterocycles. The Hall–Kier alpha value is -1.64. The lowest BCUT2D eigenvalue weighted by atomic mass is 9.73. The third-order valence-corrected chi connectivity index (χ3v) is 6.01. The number of hydrogen-bond donors (Lipinski definition) is 2. The van der Waals surface area contributed by atoms with Gasteiger partial charge in [0.25, 0.3) is 0 Å². The van der Waals surface area contributed by atoms with E-state index in [1.165, 1.54) is 33.4 Å². The van der Waals surface area contributed by atoms with Crippen LogP contribution >= 0.6 is 0 Å². The summed E-state index contributed by atoms with van der Waals surface area (Å²) >= 11 is 0. The third kappa shape index (κ3) is 2.58. The molecule has 0 atom stereocenters. The van der Waals surface area contributed by atoms with E-state index < -0.39 is 0 Å². The summed E-state index contributed by atoms with van der Waals surface area (Å²) in [6.45, 7) is 11.2. The SMILES string of the molecule is Cc1ccc(C(C)(C)c2ccc3c(c2)CNCC3)c2c1CNCC2. The summed E-state index contributed by atoms with van der Waals surface area (Å²) < 4.78 is 0. The fraction of sp³-hybridized carbons (Fsp3) is 0.455. The van der Waals surface area contributed by atoms with E-state index in [1.54, 1.807) is 5.56 Å². The molecule has 2 aromatic carbocycles. The molecular formula is C22H28N2.